The number of fused-ring (bicyclic) bond motifs is 2. The van der Waals surface area contributed by atoms with E-state index in [-0.39, 0.29) is 17.9 Å². The monoisotopic (exact) mass is 416 g/mol. The van der Waals surface area contributed by atoms with Crippen molar-refractivity contribution in [1.82, 2.24) is 14.7 Å². The summed E-state index contributed by atoms with van der Waals surface area (Å²) in [6.07, 6.45) is 0.625. The molecule has 31 heavy (non-hydrogen) atoms. The highest BCUT2D eigenvalue weighted by Crippen LogP contribution is 2.42. The molecule has 0 spiro atoms. The number of hydrogen-bond donors (Lipinski definition) is 0. The Morgan fingerprint density at radius 2 is 1.87 bits per heavy atom. The molecule has 0 aliphatic carbocycles. The molecule has 7 heteroatoms. The Kier molecular flexibility index (Phi) is 4.54. The van der Waals surface area contributed by atoms with Gasteiger partial charge in [0, 0.05) is 13.6 Å². The summed E-state index contributed by atoms with van der Waals surface area (Å²) in [5.74, 6) is 0.446. The topological polar surface area (TPSA) is 67.7 Å². The predicted octanol–water partition coefficient (Wildman–Crippen LogP) is 3.03. The predicted molar refractivity (Wildman–Crippen MR) is 117 cm³/mol. The van der Waals surface area contributed by atoms with E-state index in [9.17, 15) is 9.59 Å². The van der Waals surface area contributed by atoms with E-state index in [1.165, 1.54) is 0 Å². The Morgan fingerprint density at radius 3 is 2.52 bits per heavy atom. The van der Waals surface area contributed by atoms with Crippen LogP contribution in [0.4, 0.5) is 5.69 Å². The fourth-order valence-corrected chi connectivity index (χ4v) is 4.76. The number of ether oxygens (including phenoxy) is 1. The summed E-state index contributed by atoms with van der Waals surface area (Å²) in [4.78, 5) is 30.0. The summed E-state index contributed by atoms with van der Waals surface area (Å²) in [7, 11) is 3.36. The Balaban J connectivity index is 1.46. The van der Waals surface area contributed by atoms with Crippen LogP contribution in [0.15, 0.2) is 54.6 Å². The summed E-state index contributed by atoms with van der Waals surface area (Å²) < 4.78 is 7.16. The lowest BCUT2D eigenvalue weighted by molar-refractivity contribution is -0.121. The third-order valence-corrected chi connectivity index (χ3v) is 6.19. The van der Waals surface area contributed by atoms with Crippen molar-refractivity contribution in [2.45, 2.75) is 25.4 Å². The van der Waals surface area contributed by atoms with Gasteiger partial charge in [-0.05, 0) is 42.7 Å². The number of benzene rings is 2. The SMILES string of the molecule is COc1ccc(-c2ccccc2)cc1N1C(=O)[C@@H]2C[C@H]1CN2C(=O)c1cc(C)nn1C. The van der Waals surface area contributed by atoms with Crippen LogP contribution in [0.5, 0.6) is 5.75 Å². The van der Waals surface area contributed by atoms with Gasteiger partial charge in [-0.15, -0.1) is 0 Å². The van der Waals surface area contributed by atoms with E-state index in [2.05, 4.69) is 5.10 Å². The maximum absolute atomic E-state index is 13.4. The molecule has 1 aromatic heterocycles. The van der Waals surface area contributed by atoms with Gasteiger partial charge in [0.05, 0.1) is 24.5 Å². The molecule has 158 valence electrons. The number of nitrogens with zero attached hydrogens (tertiary/aromatic N) is 4. The molecule has 2 aromatic carbocycles. The minimum absolute atomic E-state index is 0.0630. The molecule has 7 nitrogen and oxygen atoms in total. The highest BCUT2D eigenvalue weighted by molar-refractivity contribution is 6.07. The average molecular weight is 416 g/mol. The van der Waals surface area contributed by atoms with E-state index in [0.717, 1.165) is 22.5 Å². The smallest absolute Gasteiger partial charge is 0.272 e. The molecular formula is C24H24N4O3. The number of aromatic nitrogens is 2. The zero-order valence-corrected chi connectivity index (χ0v) is 17.8. The van der Waals surface area contributed by atoms with Crippen LogP contribution in [0.1, 0.15) is 22.6 Å². The minimum atomic E-state index is -0.460. The molecule has 2 bridgehead atoms. The molecule has 0 saturated carbocycles. The van der Waals surface area contributed by atoms with Crippen molar-refractivity contribution >= 4 is 17.5 Å². The third-order valence-electron chi connectivity index (χ3n) is 6.19. The summed E-state index contributed by atoms with van der Waals surface area (Å²) in [5.41, 5.74) is 4.14. The fourth-order valence-electron chi connectivity index (χ4n) is 4.76. The first-order valence-electron chi connectivity index (χ1n) is 10.4. The van der Waals surface area contributed by atoms with Crippen molar-refractivity contribution in [2.75, 3.05) is 18.6 Å². The van der Waals surface area contributed by atoms with Crippen LogP contribution in [0, 0.1) is 6.92 Å². The van der Waals surface area contributed by atoms with Crippen molar-refractivity contribution in [3.63, 3.8) is 0 Å². The van der Waals surface area contributed by atoms with Crippen LogP contribution in [0.25, 0.3) is 11.1 Å². The number of amides is 2. The van der Waals surface area contributed by atoms with Crippen molar-refractivity contribution in [3.8, 4) is 16.9 Å². The second-order valence-electron chi connectivity index (χ2n) is 8.12. The lowest BCUT2D eigenvalue weighted by Gasteiger charge is -2.34. The van der Waals surface area contributed by atoms with Gasteiger partial charge in [-0.25, -0.2) is 0 Å². The number of methoxy groups -OCH3 is 1. The molecule has 0 radical (unpaired) electrons. The summed E-state index contributed by atoms with van der Waals surface area (Å²) >= 11 is 0. The third kappa shape index (κ3) is 3.08. The number of carbonyl (C=O) groups excluding carboxylic acids is 2. The van der Waals surface area contributed by atoms with Crippen LogP contribution >= 0.6 is 0 Å². The number of carbonyl (C=O) groups is 2. The van der Waals surface area contributed by atoms with Crippen LogP contribution in [0.3, 0.4) is 0 Å². The van der Waals surface area contributed by atoms with Crippen LogP contribution in [-0.4, -0.2) is 52.2 Å². The van der Waals surface area contributed by atoms with E-state index >= 15 is 0 Å². The van der Waals surface area contributed by atoms with Crippen LogP contribution in [-0.2, 0) is 11.8 Å². The highest BCUT2D eigenvalue weighted by atomic mass is 16.5. The van der Waals surface area contributed by atoms with Crippen LogP contribution in [0.2, 0.25) is 0 Å². The molecule has 5 rings (SSSR count). The summed E-state index contributed by atoms with van der Waals surface area (Å²) in [6.45, 7) is 2.35. The van der Waals surface area contributed by atoms with E-state index in [1.807, 2.05) is 60.4 Å². The van der Waals surface area contributed by atoms with E-state index in [0.29, 0.717) is 24.4 Å². The van der Waals surface area contributed by atoms with Gasteiger partial charge in [0.15, 0.2) is 0 Å². The molecule has 2 aliphatic rings. The van der Waals surface area contributed by atoms with Crippen molar-refractivity contribution in [2.24, 2.45) is 7.05 Å². The zero-order chi connectivity index (χ0) is 21.7. The van der Waals surface area contributed by atoms with Gasteiger partial charge in [-0.3, -0.25) is 14.3 Å². The second kappa shape index (κ2) is 7.27. The molecule has 3 heterocycles. The van der Waals surface area contributed by atoms with Gasteiger partial charge >= 0.3 is 0 Å². The molecule has 3 aromatic rings. The Bertz CT molecular complexity index is 1170. The quantitative estimate of drug-likeness (QED) is 0.656. The van der Waals surface area contributed by atoms with Gasteiger partial charge in [0.25, 0.3) is 5.91 Å². The fraction of sp³-hybridized carbons (Fsp3) is 0.292. The van der Waals surface area contributed by atoms with Crippen molar-refractivity contribution in [1.29, 1.82) is 0 Å². The number of rotatable bonds is 4. The first kappa shape index (κ1) is 19.4. The van der Waals surface area contributed by atoms with E-state index in [1.54, 1.807) is 29.8 Å². The number of anilines is 1. The summed E-state index contributed by atoms with van der Waals surface area (Å²) in [6, 6.07) is 17.2. The minimum Gasteiger partial charge on any atom is -0.495 e. The van der Waals surface area contributed by atoms with Gasteiger partial charge in [-0.1, -0.05) is 36.4 Å². The van der Waals surface area contributed by atoms with Gasteiger partial charge in [0.1, 0.15) is 17.5 Å². The highest BCUT2D eigenvalue weighted by Gasteiger charge is 2.52. The molecule has 2 atom stereocenters. The standard InChI is InChI=1S/C24H24N4O3/c1-15-11-20(26(2)25-15)23(29)27-14-18-13-21(27)24(30)28(18)19-12-17(9-10-22(19)31-3)16-7-5-4-6-8-16/h4-12,18,21H,13-14H2,1-3H3/t18-,21-/m0/s1. The maximum Gasteiger partial charge on any atom is 0.272 e. The number of aryl methyl sites for hydroxylation is 2. The first-order valence-corrected chi connectivity index (χ1v) is 10.4. The molecule has 0 N–H and O–H groups in total. The Morgan fingerprint density at radius 1 is 1.10 bits per heavy atom. The maximum atomic E-state index is 13.4. The normalized spacial score (nSPS) is 19.9. The molecule has 0 unspecified atom stereocenters. The van der Waals surface area contributed by atoms with Crippen molar-refractivity contribution < 1.29 is 14.3 Å². The Hall–Kier alpha value is -3.61. The summed E-state index contributed by atoms with van der Waals surface area (Å²) in [5, 5.41) is 4.27. The lowest BCUT2D eigenvalue weighted by Crippen LogP contribution is -2.52. The van der Waals surface area contributed by atoms with E-state index in [4.69, 9.17) is 4.74 Å². The largest absolute Gasteiger partial charge is 0.495 e. The zero-order valence-electron chi connectivity index (χ0n) is 17.8. The first-order chi connectivity index (χ1) is 15.0. The second-order valence-corrected chi connectivity index (χ2v) is 8.12. The molecule has 2 saturated heterocycles. The van der Waals surface area contributed by atoms with Crippen LogP contribution < -0.4 is 9.64 Å². The molecule has 2 amide bonds. The molecule has 2 fully saturated rings. The molecule has 2 aliphatic heterocycles. The average Bonchev–Trinajstić information content (AvgIpc) is 3.45. The number of likely N-dealkylation sites (tertiary alicyclic amines) is 1. The van der Waals surface area contributed by atoms with Gasteiger partial charge in [-0.2, -0.15) is 5.10 Å². The van der Waals surface area contributed by atoms with E-state index < -0.39 is 6.04 Å². The molecular weight excluding hydrogens is 392 g/mol. The number of hydrogen-bond acceptors (Lipinski definition) is 4. The van der Waals surface area contributed by atoms with Gasteiger partial charge in [0.2, 0.25) is 5.91 Å². The lowest BCUT2D eigenvalue weighted by atomic mass is 10.0. The number of piperazine rings is 1. The van der Waals surface area contributed by atoms with Gasteiger partial charge < -0.3 is 14.5 Å². The Labute approximate surface area is 180 Å². The van der Waals surface area contributed by atoms with Crippen molar-refractivity contribution in [3.05, 3.63) is 66.0 Å².